The Balaban J connectivity index is 3.00. The third-order valence-electron chi connectivity index (χ3n) is 2.82. The minimum absolute atomic E-state index is 0.00228. The normalized spacial score (nSPS) is 12.0. The second-order valence-corrected chi connectivity index (χ2v) is 4.38. The van der Waals surface area contributed by atoms with Gasteiger partial charge in [0.05, 0.1) is 6.04 Å². The lowest BCUT2D eigenvalue weighted by Crippen LogP contribution is -2.35. The molecule has 5 N–H and O–H groups in total. The highest BCUT2D eigenvalue weighted by Crippen LogP contribution is 2.21. The van der Waals surface area contributed by atoms with Gasteiger partial charge in [0.2, 0.25) is 11.8 Å². The van der Waals surface area contributed by atoms with Crippen molar-refractivity contribution in [3.63, 3.8) is 0 Å². The average molecular weight is 267 g/mol. The molecule has 0 heterocycles. The Morgan fingerprint density at radius 1 is 1.42 bits per heavy atom. The summed E-state index contributed by atoms with van der Waals surface area (Å²) in [6.07, 6.45) is 1.30. The minimum Gasteiger partial charge on any atom is -0.366 e. The molecule has 5 nitrogen and oxygen atoms in total. The summed E-state index contributed by atoms with van der Waals surface area (Å²) in [7, 11) is 0. The number of amides is 2. The van der Waals surface area contributed by atoms with Crippen LogP contribution in [0.1, 0.15) is 35.7 Å². The maximum atomic E-state index is 13.6. The molecule has 1 rings (SSSR count). The van der Waals surface area contributed by atoms with Crippen molar-refractivity contribution >= 4 is 17.5 Å². The van der Waals surface area contributed by atoms with Crippen LogP contribution in [0.25, 0.3) is 0 Å². The third kappa shape index (κ3) is 3.75. The van der Waals surface area contributed by atoms with E-state index in [0.29, 0.717) is 6.42 Å². The van der Waals surface area contributed by atoms with E-state index >= 15 is 0 Å². The molecule has 104 valence electrons. The van der Waals surface area contributed by atoms with Gasteiger partial charge in [0.1, 0.15) is 5.82 Å². The molecule has 6 heteroatoms. The van der Waals surface area contributed by atoms with Crippen LogP contribution < -0.4 is 16.8 Å². The first-order valence-corrected chi connectivity index (χ1v) is 6.03. The van der Waals surface area contributed by atoms with Gasteiger partial charge in [0.25, 0.3) is 0 Å². The van der Waals surface area contributed by atoms with E-state index in [1.54, 1.807) is 0 Å². The Bertz CT molecular complexity index is 503. The lowest BCUT2D eigenvalue weighted by Gasteiger charge is -2.14. The highest BCUT2D eigenvalue weighted by atomic mass is 19.1. The van der Waals surface area contributed by atoms with Crippen LogP contribution in [0.2, 0.25) is 0 Å². The van der Waals surface area contributed by atoms with Gasteiger partial charge in [-0.2, -0.15) is 0 Å². The van der Waals surface area contributed by atoms with Crippen molar-refractivity contribution in [3.8, 4) is 0 Å². The van der Waals surface area contributed by atoms with E-state index < -0.39 is 23.7 Å². The second-order valence-electron chi connectivity index (χ2n) is 4.38. The summed E-state index contributed by atoms with van der Waals surface area (Å²) in [5.74, 6) is -1.77. The number of carbonyl (C=O) groups excluding carboxylic acids is 2. The van der Waals surface area contributed by atoms with Gasteiger partial charge < -0.3 is 16.8 Å². The molecule has 1 aromatic carbocycles. The van der Waals surface area contributed by atoms with Crippen molar-refractivity contribution in [2.24, 2.45) is 11.5 Å². The molecule has 0 bridgehead atoms. The summed E-state index contributed by atoms with van der Waals surface area (Å²) < 4.78 is 13.6. The fourth-order valence-electron chi connectivity index (χ4n) is 1.62. The van der Waals surface area contributed by atoms with Gasteiger partial charge in [0.15, 0.2) is 0 Å². The molecule has 0 aliphatic rings. The van der Waals surface area contributed by atoms with E-state index in [0.717, 1.165) is 12.5 Å². The van der Waals surface area contributed by atoms with Gasteiger partial charge in [-0.25, -0.2) is 4.39 Å². The summed E-state index contributed by atoms with van der Waals surface area (Å²) in [6, 6.07) is 1.72. The smallest absolute Gasteiger partial charge is 0.248 e. The first-order chi connectivity index (χ1) is 8.86. The zero-order valence-electron chi connectivity index (χ0n) is 11.0. The molecule has 2 amide bonds. The molecule has 1 unspecified atom stereocenters. The van der Waals surface area contributed by atoms with E-state index in [2.05, 4.69) is 5.32 Å². The van der Waals surface area contributed by atoms with Gasteiger partial charge >= 0.3 is 0 Å². The van der Waals surface area contributed by atoms with Crippen molar-refractivity contribution in [2.45, 2.75) is 32.7 Å². The molecule has 1 atom stereocenters. The van der Waals surface area contributed by atoms with Crippen LogP contribution in [0.3, 0.4) is 0 Å². The monoisotopic (exact) mass is 267 g/mol. The standard InChI is InChI=1S/C13H18FN3O2/c1-3-4-10(15)13(19)17-11-6-8(12(16)18)5-9(14)7(11)2/h5-6,10H,3-4,15H2,1-2H3,(H2,16,18)(H,17,19). The van der Waals surface area contributed by atoms with Crippen LogP contribution in [-0.4, -0.2) is 17.9 Å². The van der Waals surface area contributed by atoms with Gasteiger partial charge in [-0.15, -0.1) is 0 Å². The van der Waals surface area contributed by atoms with Crippen molar-refractivity contribution in [2.75, 3.05) is 5.32 Å². The van der Waals surface area contributed by atoms with E-state index in [4.69, 9.17) is 11.5 Å². The number of benzene rings is 1. The molecule has 19 heavy (non-hydrogen) atoms. The Hall–Kier alpha value is -1.95. The molecule has 0 aromatic heterocycles. The summed E-state index contributed by atoms with van der Waals surface area (Å²) in [6.45, 7) is 3.41. The number of primary amides is 1. The fraction of sp³-hybridized carbons (Fsp3) is 0.385. The highest BCUT2D eigenvalue weighted by Gasteiger charge is 2.16. The van der Waals surface area contributed by atoms with Crippen molar-refractivity contribution in [1.29, 1.82) is 0 Å². The quantitative estimate of drug-likeness (QED) is 0.749. The van der Waals surface area contributed by atoms with Crippen LogP contribution in [0.4, 0.5) is 10.1 Å². The van der Waals surface area contributed by atoms with Gasteiger partial charge in [-0.3, -0.25) is 9.59 Å². The number of halogens is 1. The van der Waals surface area contributed by atoms with E-state index in [-0.39, 0.29) is 16.8 Å². The molecular weight excluding hydrogens is 249 g/mol. The number of rotatable bonds is 5. The van der Waals surface area contributed by atoms with Gasteiger partial charge in [0, 0.05) is 16.8 Å². The van der Waals surface area contributed by atoms with Crippen LogP contribution in [0, 0.1) is 12.7 Å². The summed E-state index contributed by atoms with van der Waals surface area (Å²) in [4.78, 5) is 22.8. The molecule has 0 fully saturated rings. The van der Waals surface area contributed by atoms with Crippen molar-refractivity contribution in [1.82, 2.24) is 0 Å². The lowest BCUT2D eigenvalue weighted by atomic mass is 10.1. The number of hydrogen-bond donors (Lipinski definition) is 3. The van der Waals surface area contributed by atoms with Crippen LogP contribution in [0.15, 0.2) is 12.1 Å². The van der Waals surface area contributed by atoms with E-state index in [1.165, 1.54) is 13.0 Å². The molecule has 0 aliphatic heterocycles. The maximum Gasteiger partial charge on any atom is 0.248 e. The number of hydrogen-bond acceptors (Lipinski definition) is 3. The summed E-state index contributed by atoms with van der Waals surface area (Å²) in [5.41, 5.74) is 11.2. The first kappa shape index (κ1) is 15.1. The molecule has 1 aromatic rings. The second kappa shape index (κ2) is 6.29. The van der Waals surface area contributed by atoms with Crippen molar-refractivity contribution in [3.05, 3.63) is 29.1 Å². The van der Waals surface area contributed by atoms with Gasteiger partial charge in [-0.1, -0.05) is 13.3 Å². The predicted octanol–water partition coefficient (Wildman–Crippen LogP) is 1.30. The lowest BCUT2D eigenvalue weighted by molar-refractivity contribution is -0.117. The van der Waals surface area contributed by atoms with Crippen molar-refractivity contribution < 1.29 is 14.0 Å². The Morgan fingerprint density at radius 3 is 2.58 bits per heavy atom. The number of anilines is 1. The predicted molar refractivity (Wildman–Crippen MR) is 71.2 cm³/mol. The molecule has 0 saturated carbocycles. The molecule has 0 saturated heterocycles. The summed E-state index contributed by atoms with van der Waals surface area (Å²) >= 11 is 0. The zero-order chi connectivity index (χ0) is 14.6. The van der Waals surface area contributed by atoms with Crippen LogP contribution in [-0.2, 0) is 4.79 Å². The highest BCUT2D eigenvalue weighted by molar-refractivity contribution is 5.98. The van der Waals surface area contributed by atoms with Gasteiger partial charge in [-0.05, 0) is 25.5 Å². The third-order valence-corrected chi connectivity index (χ3v) is 2.82. The maximum absolute atomic E-state index is 13.6. The average Bonchev–Trinajstić information content (AvgIpc) is 2.34. The molecule has 0 radical (unpaired) electrons. The van der Waals surface area contributed by atoms with Crippen LogP contribution >= 0.6 is 0 Å². The Kier molecular flexibility index (Phi) is 5.00. The molecule has 0 spiro atoms. The molecular formula is C13H18FN3O2. The molecule has 0 aliphatic carbocycles. The SMILES string of the molecule is CCCC(N)C(=O)Nc1cc(C(N)=O)cc(F)c1C. The number of nitrogens with one attached hydrogen (secondary N) is 1. The number of nitrogens with two attached hydrogens (primary N) is 2. The minimum atomic E-state index is -0.757. The first-order valence-electron chi connectivity index (χ1n) is 6.03. The van der Waals surface area contributed by atoms with Crippen LogP contribution in [0.5, 0.6) is 0 Å². The van der Waals surface area contributed by atoms with E-state index in [9.17, 15) is 14.0 Å². The summed E-state index contributed by atoms with van der Waals surface area (Å²) in [5, 5.41) is 2.52. The zero-order valence-corrected chi connectivity index (χ0v) is 11.0. The topological polar surface area (TPSA) is 98.2 Å². The largest absolute Gasteiger partial charge is 0.366 e. The Morgan fingerprint density at radius 2 is 2.05 bits per heavy atom. The van der Waals surface area contributed by atoms with E-state index in [1.807, 2.05) is 6.92 Å². The number of carbonyl (C=O) groups is 2. The fourth-order valence-corrected chi connectivity index (χ4v) is 1.62. The Labute approximate surface area is 111 Å².